The quantitative estimate of drug-likeness (QED) is 0.122. The number of nitriles is 3. The van der Waals surface area contributed by atoms with Crippen LogP contribution >= 0.6 is 7.26 Å². The molecule has 4 heteroatoms. The van der Waals surface area contributed by atoms with Gasteiger partial charge in [-0.15, -0.1) is 0 Å². The fourth-order valence-electron chi connectivity index (χ4n) is 4.72. The second kappa shape index (κ2) is 27.1. The van der Waals surface area contributed by atoms with E-state index in [0.717, 1.165) is 0 Å². The molecule has 192 valence electrons. The van der Waals surface area contributed by atoms with Crippen LogP contribution in [0.4, 0.5) is 0 Å². The number of hydrogen-bond donors (Lipinski definition) is 0. The molecular weight excluding hydrogens is 421 g/mol. The first kappa shape index (κ1) is 34.1. The van der Waals surface area contributed by atoms with Crippen LogP contribution in [0.2, 0.25) is 0 Å². The third-order valence-corrected chi connectivity index (χ3v) is 12.5. The molecule has 0 aliphatic rings. The molecule has 33 heavy (non-hydrogen) atoms. The molecular formula is C29H56N3P. The van der Waals surface area contributed by atoms with Crippen molar-refractivity contribution in [2.75, 3.05) is 24.6 Å². The van der Waals surface area contributed by atoms with Crippen molar-refractivity contribution >= 4 is 7.26 Å². The van der Waals surface area contributed by atoms with Gasteiger partial charge in [-0.25, -0.2) is 0 Å². The first-order valence-corrected chi connectivity index (χ1v) is 17.1. The van der Waals surface area contributed by atoms with Crippen LogP contribution in [0.25, 0.3) is 0 Å². The van der Waals surface area contributed by atoms with Crippen LogP contribution in [0.5, 0.6) is 0 Å². The maximum atomic E-state index is 7.83. The molecule has 0 atom stereocenters. The summed E-state index contributed by atoms with van der Waals surface area (Å²) in [6.07, 6.45) is 31.8. The largest absolute Gasteiger partial charge is 0.218 e. The number of hydrogen-bond acceptors (Lipinski definition) is 3. The summed E-state index contributed by atoms with van der Waals surface area (Å²) in [4.78, 5) is 0. The van der Waals surface area contributed by atoms with E-state index in [1.54, 1.807) is 50.3 Å². The van der Waals surface area contributed by atoms with Crippen molar-refractivity contribution in [1.29, 1.82) is 15.8 Å². The molecule has 0 amide bonds. The Hall–Kier alpha value is -1.10. The summed E-state index contributed by atoms with van der Waals surface area (Å²) in [6.45, 7) is 9.41. The number of rotatable bonds is 21. The molecule has 0 fully saturated rings. The zero-order chi connectivity index (χ0) is 25.0. The van der Waals surface area contributed by atoms with E-state index in [4.69, 9.17) is 15.8 Å². The summed E-state index contributed by atoms with van der Waals surface area (Å²) >= 11 is 0. The standard InChI is InChI=1S/C25H55P.C4HN3/c1-5-9-13-17-21-25-26(22-18-14-10-6-2,23-19-15-11-7-3)24-20-16-12-8-4;5-1-4(2-6)3-7/h26H,5-25H2,1-4H3;4H. The molecule has 0 aliphatic heterocycles. The van der Waals surface area contributed by atoms with Crippen LogP contribution in [-0.4, -0.2) is 24.6 Å². The molecule has 0 aromatic rings. The van der Waals surface area contributed by atoms with Gasteiger partial charge in [0.25, 0.3) is 0 Å². The van der Waals surface area contributed by atoms with Gasteiger partial charge in [-0.05, 0) is 0 Å². The maximum Gasteiger partial charge on any atom is 0.218 e. The normalized spacial score (nSPS) is 11.2. The predicted octanol–water partition coefficient (Wildman–Crippen LogP) is 9.62. The van der Waals surface area contributed by atoms with E-state index in [0.29, 0.717) is 0 Å². The van der Waals surface area contributed by atoms with Crippen molar-refractivity contribution in [2.45, 2.75) is 137 Å². The zero-order valence-electron chi connectivity index (χ0n) is 22.8. The van der Waals surface area contributed by atoms with Crippen LogP contribution in [0.1, 0.15) is 137 Å². The Morgan fingerprint density at radius 3 is 0.879 bits per heavy atom. The van der Waals surface area contributed by atoms with Gasteiger partial charge in [0.05, 0.1) is 18.2 Å². The van der Waals surface area contributed by atoms with Crippen LogP contribution in [0.15, 0.2) is 0 Å². The molecule has 0 saturated carbocycles. The van der Waals surface area contributed by atoms with E-state index in [9.17, 15) is 0 Å². The molecule has 0 N–H and O–H groups in total. The molecule has 0 unspecified atom stereocenters. The topological polar surface area (TPSA) is 71.4 Å². The van der Waals surface area contributed by atoms with E-state index in [2.05, 4.69) is 27.7 Å². The first-order chi connectivity index (χ1) is 16.1. The SMILES string of the molecule is CCCCCCC[PH](CCCCCC)(CCCCCC)CCCCCC.N#CC(C#N)C#N. The Morgan fingerprint density at radius 2 is 0.667 bits per heavy atom. The monoisotopic (exact) mass is 477 g/mol. The summed E-state index contributed by atoms with van der Waals surface area (Å²) in [5.74, 6) is -1.10. The van der Waals surface area contributed by atoms with Gasteiger partial charge < -0.3 is 0 Å². The fourth-order valence-corrected chi connectivity index (χ4v) is 10.2. The molecule has 0 bridgehead atoms. The molecule has 0 rings (SSSR count). The van der Waals surface area contributed by atoms with Crippen molar-refractivity contribution in [3.05, 3.63) is 0 Å². The van der Waals surface area contributed by atoms with E-state index in [1.165, 1.54) is 102 Å². The van der Waals surface area contributed by atoms with Gasteiger partial charge in [-0.2, -0.15) is 15.8 Å². The second-order valence-electron chi connectivity index (χ2n) is 9.92. The molecule has 0 radical (unpaired) electrons. The number of nitrogens with zero attached hydrogens (tertiary/aromatic N) is 3. The fraction of sp³-hybridized carbons (Fsp3) is 0.897. The van der Waals surface area contributed by atoms with E-state index >= 15 is 0 Å². The van der Waals surface area contributed by atoms with E-state index in [1.807, 2.05) is 0 Å². The van der Waals surface area contributed by atoms with Gasteiger partial charge in [0.1, 0.15) is 0 Å². The van der Waals surface area contributed by atoms with Gasteiger partial charge in [-0.3, -0.25) is 0 Å². The minimum atomic E-state index is -1.10. The zero-order valence-corrected chi connectivity index (χ0v) is 23.8. The number of unbranched alkanes of at least 4 members (excludes halogenated alkanes) is 13. The van der Waals surface area contributed by atoms with Crippen molar-refractivity contribution < 1.29 is 0 Å². The molecule has 3 nitrogen and oxygen atoms in total. The summed E-state index contributed by atoms with van der Waals surface area (Å²) in [7, 11) is -1.01. The molecule has 0 aliphatic carbocycles. The molecule has 0 aromatic heterocycles. The smallest absolute Gasteiger partial charge is 0.196 e. The molecule has 0 heterocycles. The predicted molar refractivity (Wildman–Crippen MR) is 149 cm³/mol. The minimum Gasteiger partial charge on any atom is -0.196 e. The minimum absolute atomic E-state index is 1.01. The van der Waals surface area contributed by atoms with Gasteiger partial charge >= 0.3 is 169 Å². The Bertz CT molecular complexity index is 462. The van der Waals surface area contributed by atoms with Gasteiger partial charge in [-0.1, -0.05) is 0 Å². The summed E-state index contributed by atoms with van der Waals surface area (Å²) in [5, 5.41) is 23.5. The average Bonchev–Trinajstić information content (AvgIpc) is 2.84. The van der Waals surface area contributed by atoms with Gasteiger partial charge in [0.2, 0.25) is 5.92 Å². The van der Waals surface area contributed by atoms with Crippen molar-refractivity contribution in [3.63, 3.8) is 0 Å². The van der Waals surface area contributed by atoms with Crippen molar-refractivity contribution in [2.24, 2.45) is 5.92 Å². The molecule has 0 aromatic carbocycles. The first-order valence-electron chi connectivity index (χ1n) is 14.3. The van der Waals surface area contributed by atoms with Crippen LogP contribution in [0, 0.1) is 39.9 Å². The Morgan fingerprint density at radius 1 is 0.424 bits per heavy atom. The van der Waals surface area contributed by atoms with E-state index < -0.39 is 13.2 Å². The summed E-state index contributed by atoms with van der Waals surface area (Å²) in [5.41, 5.74) is 0. The molecule has 0 saturated heterocycles. The third kappa shape index (κ3) is 22.5. The van der Waals surface area contributed by atoms with Crippen molar-refractivity contribution in [1.82, 2.24) is 0 Å². The Balaban J connectivity index is 0. The van der Waals surface area contributed by atoms with Crippen LogP contribution < -0.4 is 0 Å². The van der Waals surface area contributed by atoms with E-state index in [-0.39, 0.29) is 0 Å². The Labute approximate surface area is 208 Å². The Kier molecular flexibility index (Phi) is 28.0. The second-order valence-corrected chi connectivity index (χ2v) is 14.9. The van der Waals surface area contributed by atoms with Crippen LogP contribution in [-0.2, 0) is 0 Å². The maximum absolute atomic E-state index is 7.83. The van der Waals surface area contributed by atoms with Crippen molar-refractivity contribution in [3.8, 4) is 18.2 Å². The average molecular weight is 478 g/mol. The third-order valence-electron chi connectivity index (χ3n) is 6.88. The van der Waals surface area contributed by atoms with Crippen LogP contribution in [0.3, 0.4) is 0 Å². The summed E-state index contributed by atoms with van der Waals surface area (Å²) in [6, 6.07) is 4.44. The van der Waals surface area contributed by atoms with Gasteiger partial charge in [0, 0.05) is 0 Å². The van der Waals surface area contributed by atoms with Gasteiger partial charge in [0.15, 0.2) is 0 Å². The molecule has 0 spiro atoms. The summed E-state index contributed by atoms with van der Waals surface area (Å²) < 4.78 is 0.